The number of likely N-dealkylation sites (tertiary alicyclic amines) is 1. The molecule has 5 amide bonds. The molecule has 3 N–H and O–H groups in total. The minimum absolute atomic E-state index is 0.0830. The lowest BCUT2D eigenvalue weighted by Gasteiger charge is -2.50. The second-order valence-corrected chi connectivity index (χ2v) is 17.8. The van der Waals surface area contributed by atoms with Crippen LogP contribution in [0.5, 0.6) is 5.75 Å². The van der Waals surface area contributed by atoms with E-state index in [0.29, 0.717) is 39.5 Å². The van der Waals surface area contributed by atoms with Gasteiger partial charge in [0.25, 0.3) is 23.3 Å². The number of rotatable bonds is 11. The number of hydrogen-bond acceptors (Lipinski definition) is 13. The van der Waals surface area contributed by atoms with Gasteiger partial charge in [0.1, 0.15) is 11.1 Å². The molecule has 4 aromatic rings. The summed E-state index contributed by atoms with van der Waals surface area (Å²) in [5, 5.41) is 9.22. The summed E-state index contributed by atoms with van der Waals surface area (Å²) in [5.41, 5.74) is 2.62. The largest absolute Gasteiger partial charge is 0.478 e. The van der Waals surface area contributed by atoms with Gasteiger partial charge in [-0.1, -0.05) is 17.7 Å². The fourth-order valence-corrected chi connectivity index (χ4v) is 9.92. The van der Waals surface area contributed by atoms with Gasteiger partial charge in [-0.2, -0.15) is 4.98 Å². The van der Waals surface area contributed by atoms with Crippen LogP contribution in [-0.2, 0) is 14.4 Å². The van der Waals surface area contributed by atoms with E-state index in [1.807, 2.05) is 38.1 Å². The summed E-state index contributed by atoms with van der Waals surface area (Å²) in [6.07, 6.45) is 4.86. The van der Waals surface area contributed by atoms with E-state index in [9.17, 15) is 28.8 Å². The Morgan fingerprint density at radius 2 is 1.77 bits per heavy atom. The molecular weight excluding hydrogens is 816 g/mol. The number of pyridine rings is 1. The van der Waals surface area contributed by atoms with E-state index in [1.165, 1.54) is 7.05 Å². The lowest BCUT2D eigenvalue weighted by molar-refractivity contribution is -0.136. The Labute approximate surface area is 362 Å². The summed E-state index contributed by atoms with van der Waals surface area (Å²) < 4.78 is 7.26. The van der Waals surface area contributed by atoms with E-state index in [1.54, 1.807) is 29.0 Å². The molecular formula is C44H49ClN10O7. The average molecular weight is 865 g/mol. The summed E-state index contributed by atoms with van der Waals surface area (Å²) in [7, 11) is 1.51. The van der Waals surface area contributed by atoms with Gasteiger partial charge in [0.2, 0.25) is 17.8 Å². The number of imide groups is 2. The van der Waals surface area contributed by atoms with Crippen LogP contribution < -0.4 is 36.0 Å². The smallest absolute Gasteiger partial charge is 0.293 e. The summed E-state index contributed by atoms with van der Waals surface area (Å²) in [4.78, 5) is 93.9. The van der Waals surface area contributed by atoms with Crippen LogP contribution in [0.15, 0.2) is 53.5 Å². The van der Waals surface area contributed by atoms with Gasteiger partial charge in [-0.3, -0.25) is 39.0 Å². The fourth-order valence-electron chi connectivity index (χ4n) is 9.78. The number of halogens is 1. The number of amides is 5. The van der Waals surface area contributed by atoms with Gasteiger partial charge in [0.05, 0.1) is 28.5 Å². The van der Waals surface area contributed by atoms with Crippen LogP contribution in [0.2, 0.25) is 5.02 Å². The Kier molecular flexibility index (Phi) is 10.9. The van der Waals surface area contributed by atoms with Gasteiger partial charge < -0.3 is 34.6 Å². The molecule has 2 aromatic carbocycles. The van der Waals surface area contributed by atoms with Crippen LogP contribution in [0.3, 0.4) is 0 Å². The van der Waals surface area contributed by atoms with Crippen molar-refractivity contribution in [2.24, 2.45) is 11.3 Å². The van der Waals surface area contributed by atoms with Gasteiger partial charge in [0, 0.05) is 75.3 Å². The number of nitrogens with zero attached hydrogens (tertiary/aromatic N) is 7. The molecule has 62 heavy (non-hydrogen) atoms. The molecule has 0 radical (unpaired) electrons. The molecule has 5 aliphatic heterocycles. The zero-order chi connectivity index (χ0) is 43.4. The Balaban J connectivity index is 0.798. The fraction of sp³-hybridized carbons (Fsp3) is 0.455. The number of carbonyl (C=O) groups is 5. The van der Waals surface area contributed by atoms with Crippen molar-refractivity contribution in [2.75, 3.05) is 74.6 Å². The Morgan fingerprint density at radius 1 is 0.984 bits per heavy atom. The Hall–Kier alpha value is -6.07. The monoisotopic (exact) mass is 864 g/mol. The van der Waals surface area contributed by atoms with E-state index in [-0.39, 0.29) is 48.1 Å². The van der Waals surface area contributed by atoms with Gasteiger partial charge in [-0.25, -0.2) is 4.98 Å². The highest BCUT2D eigenvalue weighted by molar-refractivity contribution is 6.33. The Morgan fingerprint density at radius 3 is 2.52 bits per heavy atom. The maximum absolute atomic E-state index is 13.7. The van der Waals surface area contributed by atoms with Crippen molar-refractivity contribution in [1.29, 1.82) is 0 Å². The second-order valence-electron chi connectivity index (χ2n) is 17.4. The molecule has 1 unspecified atom stereocenters. The van der Waals surface area contributed by atoms with Crippen LogP contribution in [-0.4, -0.2) is 119 Å². The minimum Gasteiger partial charge on any atom is -0.478 e. The zero-order valence-corrected chi connectivity index (χ0v) is 35.7. The first-order chi connectivity index (χ1) is 29.8. The zero-order valence-electron chi connectivity index (χ0n) is 34.9. The molecule has 17 nitrogen and oxygen atoms in total. The average Bonchev–Trinajstić information content (AvgIpc) is 3.78. The molecule has 0 aliphatic carbocycles. The van der Waals surface area contributed by atoms with Crippen LogP contribution in [0, 0.1) is 11.3 Å². The number of anilines is 4. The molecule has 324 valence electrons. The van der Waals surface area contributed by atoms with E-state index >= 15 is 0 Å². The van der Waals surface area contributed by atoms with Crippen molar-refractivity contribution < 1.29 is 28.7 Å². The van der Waals surface area contributed by atoms with E-state index in [2.05, 4.69) is 35.6 Å². The SMILES string of the molecule is CNC(=O)COc1cc2cc(Nc3nc(N4CCC(CN5CCC6(C5)CN(c5cccc7c5C(=O)N(C5CCC(=O)NC5=O)C7=O)C6)CC4)ncc3Cl)ccc2n(C(C)C)c1=O. The third kappa shape index (κ3) is 7.61. The molecule has 4 saturated heterocycles. The summed E-state index contributed by atoms with van der Waals surface area (Å²) in [6.45, 7) is 9.73. The normalized spacial score (nSPS) is 20.3. The van der Waals surface area contributed by atoms with Crippen molar-refractivity contribution in [2.45, 2.75) is 58.0 Å². The van der Waals surface area contributed by atoms with Gasteiger partial charge in [0.15, 0.2) is 18.2 Å². The highest BCUT2D eigenvalue weighted by Crippen LogP contribution is 2.45. The number of ether oxygens (including phenoxy) is 1. The molecule has 2 aromatic heterocycles. The topological polar surface area (TPSA) is 191 Å². The molecule has 1 spiro atoms. The third-order valence-corrected chi connectivity index (χ3v) is 13.2. The van der Waals surface area contributed by atoms with Crippen molar-refractivity contribution in [3.8, 4) is 5.75 Å². The summed E-state index contributed by atoms with van der Waals surface area (Å²) in [6, 6.07) is 11.5. The first-order valence-corrected chi connectivity index (χ1v) is 21.6. The maximum atomic E-state index is 13.7. The maximum Gasteiger partial charge on any atom is 0.293 e. The summed E-state index contributed by atoms with van der Waals surface area (Å²) >= 11 is 6.61. The van der Waals surface area contributed by atoms with E-state index in [0.717, 1.165) is 86.6 Å². The first-order valence-electron chi connectivity index (χ1n) is 21.2. The molecule has 4 fully saturated rings. The second kappa shape index (κ2) is 16.3. The van der Waals surface area contributed by atoms with E-state index in [4.69, 9.17) is 21.3 Å². The highest BCUT2D eigenvalue weighted by Gasteiger charge is 2.51. The van der Waals surface area contributed by atoms with Crippen molar-refractivity contribution in [3.63, 3.8) is 0 Å². The third-order valence-electron chi connectivity index (χ3n) is 12.9. The number of hydrogen-bond donors (Lipinski definition) is 3. The highest BCUT2D eigenvalue weighted by atomic mass is 35.5. The number of benzene rings is 2. The summed E-state index contributed by atoms with van der Waals surface area (Å²) in [5.74, 6) is -0.637. The van der Waals surface area contributed by atoms with Gasteiger partial charge >= 0.3 is 0 Å². The van der Waals surface area contributed by atoms with Crippen LogP contribution >= 0.6 is 11.6 Å². The van der Waals surface area contributed by atoms with Gasteiger partial charge in [-0.05, 0) is 88.4 Å². The number of aromatic nitrogens is 3. The number of piperidine rings is 2. The first kappa shape index (κ1) is 41.3. The number of likely N-dealkylation sites (N-methyl/N-ethyl adjacent to an activating group) is 1. The van der Waals surface area contributed by atoms with Crippen molar-refractivity contribution in [1.82, 2.24) is 35.0 Å². The molecule has 18 heteroatoms. The van der Waals surface area contributed by atoms with Crippen molar-refractivity contribution in [3.05, 3.63) is 75.2 Å². The minimum atomic E-state index is -0.990. The molecule has 5 aliphatic rings. The lowest BCUT2D eigenvalue weighted by atomic mass is 9.78. The predicted molar refractivity (Wildman–Crippen MR) is 232 cm³/mol. The lowest BCUT2D eigenvalue weighted by Crippen LogP contribution is -2.58. The number of fused-ring (bicyclic) bond motifs is 2. The standard InChI is InChI=1S/C44H49ClN10O7/c1-25(2)54-31-8-7-28(17-27(31)18-34(41(54)60)62-21-36(57)46-3)48-38-30(45)19-47-43(50-38)52-14-11-26(12-15-52)20-51-16-13-44(22-51)23-53(24-44)32-6-4-5-29-37(32)42(61)55(40(29)59)33-9-10-35(56)49-39(33)58/h4-8,17-19,25-26,33H,9-16,20-24H2,1-3H3,(H,46,57)(H,47,48,50)(H,49,56,58). The van der Waals surface area contributed by atoms with E-state index < -0.39 is 29.7 Å². The van der Waals surface area contributed by atoms with Crippen LogP contribution in [0.1, 0.15) is 72.7 Å². The molecule has 0 saturated carbocycles. The molecule has 0 bridgehead atoms. The van der Waals surface area contributed by atoms with Gasteiger partial charge in [-0.15, -0.1) is 0 Å². The van der Waals surface area contributed by atoms with Crippen LogP contribution in [0.25, 0.3) is 10.9 Å². The number of carbonyl (C=O) groups excluding carboxylic acids is 5. The molecule has 9 rings (SSSR count). The van der Waals surface area contributed by atoms with Crippen molar-refractivity contribution >= 4 is 75.2 Å². The predicted octanol–water partition coefficient (Wildman–Crippen LogP) is 3.72. The number of nitrogens with one attached hydrogen (secondary N) is 3. The molecule has 7 heterocycles. The molecule has 1 atom stereocenters. The Bertz CT molecular complexity index is 2570. The quantitative estimate of drug-likeness (QED) is 0.185. The van der Waals surface area contributed by atoms with Crippen LogP contribution in [0.4, 0.5) is 23.1 Å².